The first-order valence-corrected chi connectivity index (χ1v) is 10.2. The Morgan fingerprint density at radius 1 is 1.10 bits per heavy atom. The lowest BCUT2D eigenvalue weighted by molar-refractivity contribution is -0.125. The van der Waals surface area contributed by atoms with Gasteiger partial charge in [-0.05, 0) is 63.5 Å². The van der Waals surface area contributed by atoms with Crippen LogP contribution in [0, 0.1) is 17.8 Å². The number of hydrogen-bond acceptors (Lipinski definition) is 4. The number of carbonyl (C=O) groups excluding carboxylic acids is 2. The number of piperidine rings is 1. The predicted octanol–water partition coefficient (Wildman–Crippen LogP) is 3.70. The molecule has 1 N–H and O–H groups in total. The van der Waals surface area contributed by atoms with Crippen molar-refractivity contribution in [2.24, 2.45) is 17.8 Å². The fourth-order valence-electron chi connectivity index (χ4n) is 4.52. The molecule has 2 amide bonds. The van der Waals surface area contributed by atoms with Gasteiger partial charge in [-0.25, -0.2) is 4.79 Å². The van der Waals surface area contributed by atoms with Crippen molar-refractivity contribution in [1.29, 1.82) is 0 Å². The molecule has 0 unspecified atom stereocenters. The molecule has 3 atom stereocenters. The van der Waals surface area contributed by atoms with Crippen molar-refractivity contribution < 1.29 is 14.3 Å². The van der Waals surface area contributed by atoms with Gasteiger partial charge in [0.15, 0.2) is 0 Å². The topological polar surface area (TPSA) is 71.5 Å². The van der Waals surface area contributed by atoms with Crippen LogP contribution < -0.4 is 5.32 Å². The molecule has 1 saturated carbocycles. The Bertz CT molecular complexity index is 946. The van der Waals surface area contributed by atoms with Crippen molar-refractivity contribution in [3.63, 3.8) is 0 Å². The van der Waals surface area contributed by atoms with Crippen molar-refractivity contribution in [3.8, 4) is 0 Å². The first-order valence-electron chi connectivity index (χ1n) is 10.2. The first kappa shape index (κ1) is 19.7. The van der Waals surface area contributed by atoms with E-state index < -0.39 is 11.1 Å². The zero-order valence-electron chi connectivity index (χ0n) is 17.7. The Morgan fingerprint density at radius 2 is 1.79 bits per heavy atom. The van der Waals surface area contributed by atoms with Crippen LogP contribution >= 0.6 is 0 Å². The van der Waals surface area contributed by atoms with Gasteiger partial charge < -0.3 is 15.0 Å². The summed E-state index contributed by atoms with van der Waals surface area (Å²) in [5, 5.41) is 5.40. The third-order valence-electron chi connectivity index (χ3n) is 5.94. The monoisotopic (exact) mass is 395 g/mol. The SMILES string of the molecule is CC(C)(C)OC(=O)N1C[C@@H]2[C@H](C1)[C@H]2C(=O)NC(C)(C)c1cccc2cnccc12. The minimum absolute atomic E-state index is 0.0235. The molecule has 0 radical (unpaired) electrons. The van der Waals surface area contributed by atoms with Gasteiger partial charge in [-0.2, -0.15) is 0 Å². The molecule has 0 spiro atoms. The number of benzene rings is 1. The quantitative estimate of drug-likeness (QED) is 0.860. The predicted molar refractivity (Wildman–Crippen MR) is 111 cm³/mol. The standard InChI is InChI=1S/C23H29N3O3/c1-22(2,3)29-21(28)26-12-16-17(13-26)19(16)20(27)25-23(4,5)18-8-6-7-14-11-24-10-9-15(14)18/h6-11,16-17,19H,12-13H2,1-5H3,(H,25,27)/t16-,17+,19+. The largest absolute Gasteiger partial charge is 0.444 e. The molecule has 2 aromatic rings. The van der Waals surface area contributed by atoms with E-state index in [0.29, 0.717) is 13.1 Å². The second kappa shape index (κ2) is 6.71. The maximum Gasteiger partial charge on any atom is 0.410 e. The summed E-state index contributed by atoms with van der Waals surface area (Å²) < 4.78 is 5.45. The average molecular weight is 396 g/mol. The molecule has 6 heteroatoms. The van der Waals surface area contributed by atoms with Crippen LogP contribution in [-0.2, 0) is 15.1 Å². The molecule has 154 valence electrons. The second-order valence-corrected chi connectivity index (χ2v) is 9.76. The maximum absolute atomic E-state index is 13.0. The number of nitrogens with one attached hydrogen (secondary N) is 1. The fourth-order valence-corrected chi connectivity index (χ4v) is 4.52. The molecule has 2 heterocycles. The number of carbonyl (C=O) groups is 2. The zero-order chi connectivity index (χ0) is 21.0. The molecule has 2 aliphatic rings. The highest BCUT2D eigenvalue weighted by Gasteiger charge is 2.61. The number of fused-ring (bicyclic) bond motifs is 2. The van der Waals surface area contributed by atoms with Gasteiger partial charge in [0.2, 0.25) is 5.91 Å². The summed E-state index contributed by atoms with van der Waals surface area (Å²) in [4.78, 5) is 31.1. The number of aromatic nitrogens is 1. The Balaban J connectivity index is 1.41. The van der Waals surface area contributed by atoms with Crippen LogP contribution in [0.25, 0.3) is 10.8 Å². The maximum atomic E-state index is 13.0. The van der Waals surface area contributed by atoms with E-state index in [2.05, 4.69) is 16.4 Å². The molecule has 1 aromatic carbocycles. The summed E-state index contributed by atoms with van der Waals surface area (Å²) in [5.41, 5.74) is 0.0742. The minimum Gasteiger partial charge on any atom is -0.444 e. The highest BCUT2D eigenvalue weighted by molar-refractivity contribution is 5.88. The summed E-state index contributed by atoms with van der Waals surface area (Å²) in [7, 11) is 0. The highest BCUT2D eigenvalue weighted by Crippen LogP contribution is 2.52. The summed E-state index contributed by atoms with van der Waals surface area (Å²) >= 11 is 0. The van der Waals surface area contributed by atoms with Gasteiger partial charge in [-0.3, -0.25) is 9.78 Å². The molecule has 1 saturated heterocycles. The Morgan fingerprint density at radius 3 is 2.45 bits per heavy atom. The molecule has 0 bridgehead atoms. The van der Waals surface area contributed by atoms with E-state index in [9.17, 15) is 9.59 Å². The fraction of sp³-hybridized carbons (Fsp3) is 0.522. The van der Waals surface area contributed by atoms with Crippen LogP contribution in [0.5, 0.6) is 0 Å². The normalized spacial score (nSPS) is 23.6. The third kappa shape index (κ3) is 3.80. The zero-order valence-corrected chi connectivity index (χ0v) is 17.7. The lowest BCUT2D eigenvalue weighted by Gasteiger charge is -2.29. The van der Waals surface area contributed by atoms with Crippen LogP contribution in [-0.4, -0.2) is 40.6 Å². The van der Waals surface area contributed by atoms with E-state index in [1.807, 2.05) is 59.0 Å². The van der Waals surface area contributed by atoms with Gasteiger partial charge in [0.25, 0.3) is 0 Å². The van der Waals surface area contributed by atoms with Crippen LogP contribution in [0.2, 0.25) is 0 Å². The molecule has 6 nitrogen and oxygen atoms in total. The second-order valence-electron chi connectivity index (χ2n) is 9.76. The Labute approximate surface area is 171 Å². The van der Waals surface area contributed by atoms with Gasteiger partial charge in [-0.15, -0.1) is 0 Å². The van der Waals surface area contributed by atoms with Crippen molar-refractivity contribution in [2.75, 3.05) is 13.1 Å². The van der Waals surface area contributed by atoms with E-state index in [4.69, 9.17) is 4.74 Å². The molecule has 1 aliphatic carbocycles. The lowest BCUT2D eigenvalue weighted by atomic mass is 9.89. The first-order chi connectivity index (χ1) is 13.6. The van der Waals surface area contributed by atoms with Crippen LogP contribution in [0.4, 0.5) is 4.79 Å². The van der Waals surface area contributed by atoms with Crippen LogP contribution in [0.1, 0.15) is 40.2 Å². The number of amides is 2. The number of pyridine rings is 1. The molecule has 4 rings (SSSR count). The van der Waals surface area contributed by atoms with E-state index in [1.165, 1.54) is 0 Å². The van der Waals surface area contributed by atoms with Gasteiger partial charge in [0.1, 0.15) is 5.60 Å². The summed E-state index contributed by atoms with van der Waals surface area (Å²) in [5.74, 6) is 0.509. The van der Waals surface area contributed by atoms with Gasteiger partial charge in [0, 0.05) is 36.8 Å². The smallest absolute Gasteiger partial charge is 0.410 e. The number of hydrogen-bond donors (Lipinski definition) is 1. The number of nitrogens with zero attached hydrogens (tertiary/aromatic N) is 2. The number of ether oxygens (including phenoxy) is 1. The van der Waals surface area contributed by atoms with Crippen molar-refractivity contribution in [2.45, 2.75) is 45.8 Å². The molecule has 1 aliphatic heterocycles. The van der Waals surface area contributed by atoms with Gasteiger partial charge in [-0.1, -0.05) is 18.2 Å². The third-order valence-corrected chi connectivity index (χ3v) is 5.94. The molecule has 29 heavy (non-hydrogen) atoms. The van der Waals surface area contributed by atoms with Gasteiger partial charge >= 0.3 is 6.09 Å². The minimum atomic E-state index is -0.501. The van der Waals surface area contributed by atoms with E-state index >= 15 is 0 Å². The average Bonchev–Trinajstić information content (AvgIpc) is 3.13. The Hall–Kier alpha value is -2.63. The highest BCUT2D eigenvalue weighted by atomic mass is 16.6. The summed E-state index contributed by atoms with van der Waals surface area (Å²) in [6.45, 7) is 10.8. The summed E-state index contributed by atoms with van der Waals surface area (Å²) in [6.07, 6.45) is 3.33. The summed E-state index contributed by atoms with van der Waals surface area (Å²) in [6, 6.07) is 8.07. The van der Waals surface area contributed by atoms with E-state index in [1.54, 1.807) is 11.1 Å². The van der Waals surface area contributed by atoms with Crippen molar-refractivity contribution >= 4 is 22.8 Å². The number of rotatable bonds is 3. The van der Waals surface area contributed by atoms with Crippen molar-refractivity contribution in [3.05, 3.63) is 42.2 Å². The van der Waals surface area contributed by atoms with Crippen molar-refractivity contribution in [1.82, 2.24) is 15.2 Å². The lowest BCUT2D eigenvalue weighted by Crippen LogP contribution is -2.44. The number of likely N-dealkylation sites (tertiary alicyclic amines) is 1. The Kier molecular flexibility index (Phi) is 4.56. The molecule has 1 aromatic heterocycles. The molecular weight excluding hydrogens is 366 g/mol. The van der Waals surface area contributed by atoms with E-state index in [-0.39, 0.29) is 29.8 Å². The van der Waals surface area contributed by atoms with Crippen LogP contribution in [0.3, 0.4) is 0 Å². The van der Waals surface area contributed by atoms with E-state index in [0.717, 1.165) is 16.3 Å². The molecule has 2 fully saturated rings. The van der Waals surface area contributed by atoms with Crippen LogP contribution in [0.15, 0.2) is 36.7 Å². The van der Waals surface area contributed by atoms with Gasteiger partial charge in [0.05, 0.1) is 5.54 Å². The molecular formula is C23H29N3O3.